The van der Waals surface area contributed by atoms with Crippen molar-refractivity contribution in [2.24, 2.45) is 0 Å². The van der Waals surface area contributed by atoms with Crippen molar-refractivity contribution in [2.45, 2.75) is 19.5 Å². The van der Waals surface area contributed by atoms with E-state index in [-0.39, 0.29) is 12.0 Å². The maximum atomic E-state index is 12.6. The minimum Gasteiger partial charge on any atom is -0.294 e. The first-order valence-corrected chi connectivity index (χ1v) is 5.56. The number of alkyl halides is 3. The Kier molecular flexibility index (Phi) is 4.10. The molecule has 8 heteroatoms. The Morgan fingerprint density at radius 1 is 1.44 bits per heavy atom. The molecule has 0 spiro atoms. The summed E-state index contributed by atoms with van der Waals surface area (Å²) in [7, 11) is 0. The number of nitro benzene ring substituents is 1. The third kappa shape index (κ3) is 2.69. The van der Waals surface area contributed by atoms with Crippen molar-refractivity contribution in [1.29, 1.82) is 0 Å². The highest BCUT2D eigenvalue weighted by molar-refractivity contribution is 9.10. The average Bonchev–Trinajstić information content (AvgIpc) is 2.25. The van der Waals surface area contributed by atoms with E-state index in [4.69, 9.17) is 0 Å². The molecule has 0 amide bonds. The molecule has 1 aromatic rings. The van der Waals surface area contributed by atoms with Crippen LogP contribution in [0.25, 0.3) is 0 Å². The van der Waals surface area contributed by atoms with Gasteiger partial charge in [-0.15, -0.1) is 0 Å². The predicted molar refractivity (Wildman–Crippen MR) is 60.4 cm³/mol. The molecule has 1 aromatic carbocycles. The molecule has 0 aliphatic carbocycles. The van der Waals surface area contributed by atoms with Crippen molar-refractivity contribution < 1.29 is 22.9 Å². The van der Waals surface area contributed by atoms with E-state index >= 15 is 0 Å². The average molecular weight is 326 g/mol. The quantitative estimate of drug-likeness (QED) is 0.480. The zero-order chi connectivity index (χ0) is 14.1. The van der Waals surface area contributed by atoms with Gasteiger partial charge in [0.05, 0.1) is 4.92 Å². The number of hydrogen-bond donors (Lipinski definition) is 0. The van der Waals surface area contributed by atoms with Crippen LogP contribution < -0.4 is 0 Å². The van der Waals surface area contributed by atoms with Crippen molar-refractivity contribution >= 4 is 27.4 Å². The molecular weight excluding hydrogens is 319 g/mol. The number of ketones is 1. The number of benzene rings is 1. The fourth-order valence-electron chi connectivity index (χ4n) is 1.38. The summed E-state index contributed by atoms with van der Waals surface area (Å²) >= 11 is 2.70. The van der Waals surface area contributed by atoms with Crippen LogP contribution in [0.2, 0.25) is 0 Å². The maximum absolute atomic E-state index is 12.6. The van der Waals surface area contributed by atoms with Crippen LogP contribution in [0.1, 0.15) is 29.3 Å². The molecule has 0 aliphatic rings. The lowest BCUT2D eigenvalue weighted by molar-refractivity contribution is -0.388. The lowest BCUT2D eigenvalue weighted by atomic mass is 10.0. The van der Waals surface area contributed by atoms with E-state index in [2.05, 4.69) is 15.9 Å². The van der Waals surface area contributed by atoms with E-state index in [1.165, 1.54) is 6.92 Å². The fraction of sp³-hybridized carbons (Fsp3) is 0.300. The molecule has 18 heavy (non-hydrogen) atoms. The number of rotatable bonds is 3. The van der Waals surface area contributed by atoms with Crippen LogP contribution in [-0.4, -0.2) is 10.7 Å². The van der Waals surface area contributed by atoms with E-state index < -0.39 is 32.6 Å². The first-order valence-electron chi connectivity index (χ1n) is 4.77. The normalized spacial score (nSPS) is 11.4. The van der Waals surface area contributed by atoms with Gasteiger partial charge in [-0.2, -0.15) is 13.2 Å². The van der Waals surface area contributed by atoms with Gasteiger partial charge < -0.3 is 0 Å². The molecule has 0 aliphatic heterocycles. The van der Waals surface area contributed by atoms with Crippen LogP contribution in [0.5, 0.6) is 0 Å². The monoisotopic (exact) mass is 325 g/mol. The molecule has 98 valence electrons. The lowest BCUT2D eigenvalue weighted by Gasteiger charge is -2.10. The number of halogens is 4. The third-order valence-corrected chi connectivity index (χ3v) is 3.03. The number of Topliss-reactive ketones (excluding diaryl/α,β-unsaturated/α-hetero) is 1. The van der Waals surface area contributed by atoms with E-state index in [0.717, 1.165) is 6.07 Å². The molecule has 0 radical (unpaired) electrons. The van der Waals surface area contributed by atoms with E-state index in [9.17, 15) is 28.1 Å². The topological polar surface area (TPSA) is 60.2 Å². The highest BCUT2D eigenvalue weighted by Crippen LogP contribution is 2.41. The summed E-state index contributed by atoms with van der Waals surface area (Å²) in [6.45, 7) is 1.51. The van der Waals surface area contributed by atoms with Crippen LogP contribution in [0, 0.1) is 10.1 Å². The highest BCUT2D eigenvalue weighted by atomic mass is 79.9. The van der Waals surface area contributed by atoms with Crippen molar-refractivity contribution in [1.82, 2.24) is 0 Å². The summed E-state index contributed by atoms with van der Waals surface area (Å²) in [6.07, 6.45) is -4.81. The minimum absolute atomic E-state index is 0.0428. The summed E-state index contributed by atoms with van der Waals surface area (Å²) < 4.78 is 37.3. The van der Waals surface area contributed by atoms with Crippen LogP contribution in [0.3, 0.4) is 0 Å². The van der Waals surface area contributed by atoms with E-state index in [1.54, 1.807) is 0 Å². The van der Waals surface area contributed by atoms with E-state index in [1.807, 2.05) is 0 Å². The summed E-state index contributed by atoms with van der Waals surface area (Å²) in [4.78, 5) is 21.0. The summed E-state index contributed by atoms with van der Waals surface area (Å²) in [5.74, 6) is -0.473. The van der Waals surface area contributed by atoms with Crippen molar-refractivity contribution in [3.05, 3.63) is 37.8 Å². The smallest absolute Gasteiger partial charge is 0.294 e. The predicted octanol–water partition coefficient (Wildman–Crippen LogP) is 3.97. The second-order valence-electron chi connectivity index (χ2n) is 3.35. The molecule has 0 saturated carbocycles. The Hall–Kier alpha value is -1.44. The molecule has 1 rings (SSSR count). The third-order valence-electron chi connectivity index (χ3n) is 2.23. The van der Waals surface area contributed by atoms with Crippen LogP contribution >= 0.6 is 15.9 Å². The second-order valence-corrected chi connectivity index (χ2v) is 4.15. The Balaban J connectivity index is 3.58. The standard InChI is InChI=1S/C10H7BrF3NO3/c1-2-7(16)5-3-4-6(10(12,13)14)9(8(5)11)15(17)18/h3-4H,2H2,1H3. The Morgan fingerprint density at radius 3 is 2.39 bits per heavy atom. The number of nitro groups is 1. The number of hydrogen-bond acceptors (Lipinski definition) is 3. The van der Waals surface area contributed by atoms with Crippen molar-refractivity contribution in [2.75, 3.05) is 0 Å². The second kappa shape index (κ2) is 5.05. The summed E-state index contributed by atoms with van der Waals surface area (Å²) in [5, 5.41) is 10.7. The molecule has 0 heterocycles. The van der Waals surface area contributed by atoms with Crippen LogP contribution in [-0.2, 0) is 6.18 Å². The zero-order valence-corrected chi connectivity index (χ0v) is 10.6. The van der Waals surface area contributed by atoms with Gasteiger partial charge in [-0.1, -0.05) is 6.92 Å². The number of carbonyl (C=O) groups is 1. The molecule has 0 unspecified atom stereocenters. The van der Waals surface area contributed by atoms with E-state index in [0.29, 0.717) is 6.07 Å². The largest absolute Gasteiger partial charge is 0.423 e. The van der Waals surface area contributed by atoms with Gasteiger partial charge in [-0.25, -0.2) is 0 Å². The van der Waals surface area contributed by atoms with Gasteiger partial charge in [-0.3, -0.25) is 14.9 Å². The van der Waals surface area contributed by atoms with Gasteiger partial charge >= 0.3 is 6.18 Å². The Morgan fingerprint density at radius 2 is 2.00 bits per heavy atom. The van der Waals surface area contributed by atoms with Crippen molar-refractivity contribution in [3.8, 4) is 0 Å². The first kappa shape index (κ1) is 14.6. The van der Waals surface area contributed by atoms with Crippen LogP contribution in [0.15, 0.2) is 16.6 Å². The Bertz CT molecular complexity index is 514. The minimum atomic E-state index is -4.85. The first-order chi connectivity index (χ1) is 8.20. The zero-order valence-electron chi connectivity index (χ0n) is 9.05. The van der Waals surface area contributed by atoms with Gasteiger partial charge in [0.2, 0.25) is 0 Å². The van der Waals surface area contributed by atoms with Crippen molar-refractivity contribution in [3.63, 3.8) is 0 Å². The summed E-state index contributed by atoms with van der Waals surface area (Å²) in [5.41, 5.74) is -2.65. The highest BCUT2D eigenvalue weighted by Gasteiger charge is 2.40. The molecule has 0 bridgehead atoms. The molecule has 0 atom stereocenters. The van der Waals surface area contributed by atoms with Gasteiger partial charge in [0.25, 0.3) is 5.69 Å². The van der Waals surface area contributed by atoms with Gasteiger partial charge in [0.1, 0.15) is 10.0 Å². The lowest BCUT2D eigenvalue weighted by Crippen LogP contribution is -2.11. The number of carbonyl (C=O) groups excluding carboxylic acids is 1. The number of nitrogens with zero attached hydrogens (tertiary/aromatic N) is 1. The fourth-order valence-corrected chi connectivity index (χ4v) is 2.09. The maximum Gasteiger partial charge on any atom is 0.423 e. The van der Waals surface area contributed by atoms with Gasteiger partial charge in [-0.05, 0) is 28.1 Å². The molecule has 0 fully saturated rings. The molecule has 0 N–H and O–H groups in total. The molecule has 4 nitrogen and oxygen atoms in total. The Labute approximate surface area is 108 Å². The van der Waals surface area contributed by atoms with Crippen LogP contribution in [0.4, 0.5) is 18.9 Å². The van der Waals surface area contributed by atoms with Gasteiger partial charge in [0, 0.05) is 12.0 Å². The summed E-state index contributed by atoms with van der Waals surface area (Å²) in [6, 6.07) is 1.48. The molecule has 0 saturated heterocycles. The molecular formula is C10H7BrF3NO3. The SMILES string of the molecule is CCC(=O)c1ccc(C(F)(F)F)c([N+](=O)[O-])c1Br. The van der Waals surface area contributed by atoms with Gasteiger partial charge in [0.15, 0.2) is 5.78 Å². The molecule has 0 aromatic heterocycles.